The Bertz CT molecular complexity index is 288. The lowest BCUT2D eigenvalue weighted by Crippen LogP contribution is -1.83. The SMILES string of the molecule is [C-]#[N+]c1cc(I)ccc1N. The highest BCUT2D eigenvalue weighted by Crippen LogP contribution is 2.23. The molecule has 0 radical (unpaired) electrons. The first kappa shape index (κ1) is 7.35. The van der Waals surface area contributed by atoms with Gasteiger partial charge in [0.25, 0.3) is 0 Å². The maximum absolute atomic E-state index is 6.72. The van der Waals surface area contributed by atoms with E-state index in [4.69, 9.17) is 12.3 Å². The van der Waals surface area contributed by atoms with Gasteiger partial charge in [0.1, 0.15) is 0 Å². The molecule has 50 valence electrons. The van der Waals surface area contributed by atoms with Crippen LogP contribution < -0.4 is 5.73 Å². The summed E-state index contributed by atoms with van der Waals surface area (Å²) in [5, 5.41) is 0. The molecule has 0 saturated heterocycles. The molecule has 0 bridgehead atoms. The quantitative estimate of drug-likeness (QED) is 0.424. The Morgan fingerprint density at radius 1 is 1.50 bits per heavy atom. The van der Waals surface area contributed by atoms with Gasteiger partial charge in [0, 0.05) is 9.26 Å². The van der Waals surface area contributed by atoms with Crippen LogP contribution in [-0.2, 0) is 0 Å². The molecule has 0 atom stereocenters. The second kappa shape index (κ2) is 2.88. The van der Waals surface area contributed by atoms with Crippen molar-refractivity contribution in [1.82, 2.24) is 0 Å². The van der Waals surface area contributed by atoms with E-state index >= 15 is 0 Å². The van der Waals surface area contributed by atoms with Gasteiger partial charge in [-0.15, -0.1) is 0 Å². The van der Waals surface area contributed by atoms with Crippen LogP contribution in [0.25, 0.3) is 4.85 Å². The molecule has 0 amide bonds. The van der Waals surface area contributed by atoms with Gasteiger partial charge in [-0.05, 0) is 40.8 Å². The number of benzene rings is 1. The Morgan fingerprint density at radius 2 is 2.20 bits per heavy atom. The fourth-order valence-electron chi connectivity index (χ4n) is 0.614. The van der Waals surface area contributed by atoms with Crippen molar-refractivity contribution < 1.29 is 0 Å². The van der Waals surface area contributed by atoms with Crippen molar-refractivity contribution in [3.63, 3.8) is 0 Å². The molecule has 10 heavy (non-hydrogen) atoms. The number of halogens is 1. The number of rotatable bonds is 0. The third-order valence-electron chi connectivity index (χ3n) is 1.11. The van der Waals surface area contributed by atoms with Crippen LogP contribution in [-0.4, -0.2) is 0 Å². The Labute approximate surface area is 73.0 Å². The van der Waals surface area contributed by atoms with Crippen LogP contribution in [0, 0.1) is 10.1 Å². The lowest BCUT2D eigenvalue weighted by atomic mass is 10.3. The van der Waals surface area contributed by atoms with Crippen LogP contribution in [0.5, 0.6) is 0 Å². The van der Waals surface area contributed by atoms with Crippen LogP contribution in [0.3, 0.4) is 0 Å². The van der Waals surface area contributed by atoms with E-state index in [-0.39, 0.29) is 0 Å². The van der Waals surface area contributed by atoms with Crippen LogP contribution in [0.2, 0.25) is 0 Å². The normalized spacial score (nSPS) is 8.80. The molecule has 1 aromatic carbocycles. The molecule has 0 spiro atoms. The molecular weight excluding hydrogens is 239 g/mol. The highest BCUT2D eigenvalue weighted by Gasteiger charge is 1.96. The molecule has 0 aliphatic rings. The van der Waals surface area contributed by atoms with Gasteiger partial charge in [-0.3, -0.25) is 0 Å². The molecule has 3 heteroatoms. The minimum Gasteiger partial charge on any atom is -0.407 e. The predicted octanol–water partition coefficient (Wildman–Crippen LogP) is 2.42. The lowest BCUT2D eigenvalue weighted by Gasteiger charge is -1.95. The van der Waals surface area contributed by atoms with Gasteiger partial charge in [0.2, 0.25) is 5.69 Å². The molecule has 0 aliphatic carbocycles. The molecule has 0 aromatic heterocycles. The molecule has 2 N–H and O–H groups in total. The standard InChI is InChI=1S/C7H5IN2/c1-10-7-4-5(8)2-3-6(7)9/h2-4H,9H2. The topological polar surface area (TPSA) is 30.4 Å². The average molecular weight is 244 g/mol. The van der Waals surface area contributed by atoms with E-state index < -0.39 is 0 Å². The summed E-state index contributed by atoms with van der Waals surface area (Å²) in [6.45, 7) is 6.72. The molecular formula is C7H5IN2. The molecule has 1 aromatic rings. The summed E-state index contributed by atoms with van der Waals surface area (Å²) in [6.07, 6.45) is 0. The first-order valence-corrected chi connectivity index (χ1v) is 3.74. The van der Waals surface area contributed by atoms with Crippen LogP contribution in [0.15, 0.2) is 18.2 Å². The largest absolute Gasteiger partial charge is 0.407 e. The fourth-order valence-corrected chi connectivity index (χ4v) is 1.09. The third kappa shape index (κ3) is 1.39. The molecule has 1 rings (SSSR count). The van der Waals surface area contributed by atoms with Crippen molar-refractivity contribution >= 4 is 34.0 Å². The Hall–Kier alpha value is -0.760. The zero-order chi connectivity index (χ0) is 7.56. The van der Waals surface area contributed by atoms with Gasteiger partial charge in [-0.25, -0.2) is 4.85 Å². The monoisotopic (exact) mass is 244 g/mol. The van der Waals surface area contributed by atoms with Crippen molar-refractivity contribution in [2.45, 2.75) is 0 Å². The number of hydrogen-bond donors (Lipinski definition) is 1. The summed E-state index contributed by atoms with van der Waals surface area (Å²) >= 11 is 2.15. The molecule has 0 heterocycles. The first-order valence-electron chi connectivity index (χ1n) is 2.66. The van der Waals surface area contributed by atoms with E-state index in [1.165, 1.54) is 0 Å². The van der Waals surface area contributed by atoms with Gasteiger partial charge < -0.3 is 5.73 Å². The van der Waals surface area contributed by atoms with E-state index in [1.807, 2.05) is 6.07 Å². The maximum atomic E-state index is 6.72. The number of anilines is 1. The Morgan fingerprint density at radius 3 is 2.70 bits per heavy atom. The van der Waals surface area contributed by atoms with Crippen LogP contribution in [0.1, 0.15) is 0 Å². The minimum absolute atomic E-state index is 0.534. The summed E-state index contributed by atoms with van der Waals surface area (Å²) in [4.78, 5) is 3.25. The number of hydrogen-bond acceptors (Lipinski definition) is 1. The number of nitrogens with two attached hydrogens (primary N) is 1. The van der Waals surface area contributed by atoms with Gasteiger partial charge in [-0.2, -0.15) is 0 Å². The van der Waals surface area contributed by atoms with Crippen molar-refractivity contribution in [2.75, 3.05) is 5.73 Å². The van der Waals surface area contributed by atoms with Crippen molar-refractivity contribution in [2.24, 2.45) is 0 Å². The van der Waals surface area contributed by atoms with Gasteiger partial charge >= 0.3 is 0 Å². The van der Waals surface area contributed by atoms with E-state index in [0.29, 0.717) is 11.4 Å². The third-order valence-corrected chi connectivity index (χ3v) is 1.78. The van der Waals surface area contributed by atoms with Crippen molar-refractivity contribution in [3.05, 3.63) is 33.2 Å². The smallest absolute Gasteiger partial charge is 0.210 e. The summed E-state index contributed by atoms with van der Waals surface area (Å²) in [6, 6.07) is 5.39. The predicted molar refractivity (Wildman–Crippen MR) is 49.8 cm³/mol. The molecule has 0 unspecified atom stereocenters. The van der Waals surface area contributed by atoms with Gasteiger partial charge in [0.05, 0.1) is 6.57 Å². The lowest BCUT2D eigenvalue weighted by molar-refractivity contribution is 1.64. The fraction of sp³-hybridized carbons (Fsp3) is 0. The first-order chi connectivity index (χ1) is 4.74. The van der Waals surface area contributed by atoms with Gasteiger partial charge in [-0.1, -0.05) is 0 Å². The van der Waals surface area contributed by atoms with Gasteiger partial charge in [0.15, 0.2) is 0 Å². The van der Waals surface area contributed by atoms with E-state index in [1.54, 1.807) is 12.1 Å². The summed E-state index contributed by atoms with van der Waals surface area (Å²) in [7, 11) is 0. The molecule has 0 saturated carbocycles. The highest BCUT2D eigenvalue weighted by atomic mass is 127. The number of nitrogen functional groups attached to an aromatic ring is 1. The zero-order valence-electron chi connectivity index (χ0n) is 5.13. The van der Waals surface area contributed by atoms with Crippen molar-refractivity contribution in [1.29, 1.82) is 0 Å². The van der Waals surface area contributed by atoms with Crippen LogP contribution >= 0.6 is 22.6 Å². The van der Waals surface area contributed by atoms with Crippen LogP contribution in [0.4, 0.5) is 11.4 Å². The minimum atomic E-state index is 0.534. The molecule has 0 aliphatic heterocycles. The Balaban J connectivity index is 3.25. The zero-order valence-corrected chi connectivity index (χ0v) is 7.29. The second-order valence-corrected chi connectivity index (χ2v) is 3.06. The Kier molecular flexibility index (Phi) is 2.12. The molecule has 0 fully saturated rings. The summed E-state index contributed by atoms with van der Waals surface area (Å²) in [5.74, 6) is 0. The average Bonchev–Trinajstić information content (AvgIpc) is 1.94. The second-order valence-electron chi connectivity index (χ2n) is 1.81. The van der Waals surface area contributed by atoms with E-state index in [2.05, 4.69) is 27.4 Å². The summed E-state index contributed by atoms with van der Waals surface area (Å²) < 4.78 is 1.04. The van der Waals surface area contributed by atoms with E-state index in [9.17, 15) is 0 Å². The van der Waals surface area contributed by atoms with Crippen molar-refractivity contribution in [3.8, 4) is 0 Å². The maximum Gasteiger partial charge on any atom is 0.210 e. The highest BCUT2D eigenvalue weighted by molar-refractivity contribution is 14.1. The van der Waals surface area contributed by atoms with E-state index in [0.717, 1.165) is 3.57 Å². The number of nitrogens with zero attached hydrogens (tertiary/aromatic N) is 1. The molecule has 2 nitrogen and oxygen atoms in total. The summed E-state index contributed by atoms with van der Waals surface area (Å²) in [5.41, 5.74) is 6.57.